The van der Waals surface area contributed by atoms with Crippen LogP contribution in [-0.4, -0.2) is 6.03 Å². The highest BCUT2D eigenvalue weighted by molar-refractivity contribution is 7.10. The molecule has 1 aromatic heterocycles. The van der Waals surface area contributed by atoms with Gasteiger partial charge in [-0.25, -0.2) is 13.6 Å². The number of carbonyl (C=O) groups is 1. The summed E-state index contributed by atoms with van der Waals surface area (Å²) in [5.74, 6) is -0.860. The van der Waals surface area contributed by atoms with Gasteiger partial charge in [0.2, 0.25) is 0 Å². The van der Waals surface area contributed by atoms with Gasteiger partial charge in [0.15, 0.2) is 0 Å². The Kier molecular flexibility index (Phi) is 4.86. The summed E-state index contributed by atoms with van der Waals surface area (Å²) in [5.41, 5.74) is 0.835. The maximum Gasteiger partial charge on any atom is 0.320 e. The SMILES string of the molecule is O=C(Nc1ccccc1F)N[C@H](c1ccc(F)cc1)c1cccs1. The van der Waals surface area contributed by atoms with E-state index in [1.807, 2.05) is 17.5 Å². The van der Waals surface area contributed by atoms with Crippen molar-refractivity contribution in [3.05, 3.63) is 88.1 Å². The number of rotatable bonds is 4. The first-order chi connectivity index (χ1) is 11.6. The summed E-state index contributed by atoms with van der Waals surface area (Å²) in [6.45, 7) is 0. The molecule has 1 heterocycles. The van der Waals surface area contributed by atoms with E-state index in [1.54, 1.807) is 24.3 Å². The standard InChI is InChI=1S/C18H14F2N2OS/c19-13-9-7-12(8-10-13)17(16-6-3-11-24-16)22-18(23)21-15-5-2-1-4-14(15)20/h1-11,17H,(H2,21,22,23)/t17-/m1/s1. The normalized spacial score (nSPS) is 11.8. The number of amides is 2. The quantitative estimate of drug-likeness (QED) is 0.692. The van der Waals surface area contributed by atoms with Crippen LogP contribution in [0.3, 0.4) is 0 Å². The molecule has 0 aliphatic rings. The molecule has 0 unspecified atom stereocenters. The third-order valence-electron chi connectivity index (χ3n) is 3.43. The number of hydrogen-bond acceptors (Lipinski definition) is 2. The smallest absolute Gasteiger partial charge is 0.320 e. The number of halogens is 2. The molecule has 1 atom stereocenters. The van der Waals surface area contributed by atoms with Crippen molar-refractivity contribution < 1.29 is 13.6 Å². The Bertz CT molecular complexity index is 819. The monoisotopic (exact) mass is 344 g/mol. The molecule has 2 aromatic carbocycles. The summed E-state index contributed by atoms with van der Waals surface area (Å²) in [7, 11) is 0. The lowest BCUT2D eigenvalue weighted by atomic mass is 10.1. The van der Waals surface area contributed by atoms with E-state index in [1.165, 1.54) is 35.6 Å². The average Bonchev–Trinajstić information content (AvgIpc) is 3.10. The van der Waals surface area contributed by atoms with Gasteiger partial charge in [0.25, 0.3) is 0 Å². The van der Waals surface area contributed by atoms with E-state index in [0.29, 0.717) is 0 Å². The minimum Gasteiger partial charge on any atom is -0.326 e. The molecule has 0 fully saturated rings. The lowest BCUT2D eigenvalue weighted by Gasteiger charge is -2.18. The first kappa shape index (κ1) is 16.1. The van der Waals surface area contributed by atoms with Gasteiger partial charge < -0.3 is 10.6 Å². The van der Waals surface area contributed by atoms with Crippen LogP contribution in [-0.2, 0) is 0 Å². The van der Waals surface area contributed by atoms with Crippen molar-refractivity contribution in [2.75, 3.05) is 5.32 Å². The van der Waals surface area contributed by atoms with Crippen LogP contribution in [0.1, 0.15) is 16.5 Å². The van der Waals surface area contributed by atoms with Gasteiger partial charge in [-0.1, -0.05) is 30.3 Å². The van der Waals surface area contributed by atoms with Gasteiger partial charge in [-0.3, -0.25) is 0 Å². The molecule has 0 aliphatic heterocycles. The zero-order valence-electron chi connectivity index (χ0n) is 12.5. The van der Waals surface area contributed by atoms with E-state index in [9.17, 15) is 13.6 Å². The average molecular weight is 344 g/mol. The van der Waals surface area contributed by atoms with Gasteiger partial charge in [0, 0.05) is 4.88 Å². The second kappa shape index (κ2) is 7.23. The summed E-state index contributed by atoms with van der Waals surface area (Å²) < 4.78 is 26.8. The van der Waals surface area contributed by atoms with Crippen molar-refractivity contribution in [1.29, 1.82) is 0 Å². The Labute approximate surface area is 142 Å². The molecule has 0 radical (unpaired) electrons. The molecule has 2 N–H and O–H groups in total. The highest BCUT2D eigenvalue weighted by Crippen LogP contribution is 2.26. The second-order valence-corrected chi connectivity index (χ2v) is 6.06. The maximum atomic E-state index is 13.6. The zero-order valence-corrected chi connectivity index (χ0v) is 13.3. The molecule has 3 rings (SSSR count). The van der Waals surface area contributed by atoms with Crippen LogP contribution in [0.5, 0.6) is 0 Å². The van der Waals surface area contributed by atoms with Crippen molar-refractivity contribution in [1.82, 2.24) is 5.32 Å². The lowest BCUT2D eigenvalue weighted by Crippen LogP contribution is -2.33. The summed E-state index contributed by atoms with van der Waals surface area (Å²) in [5, 5.41) is 7.18. The highest BCUT2D eigenvalue weighted by atomic mass is 32.1. The van der Waals surface area contributed by atoms with Crippen LogP contribution in [0.25, 0.3) is 0 Å². The largest absolute Gasteiger partial charge is 0.326 e. The van der Waals surface area contributed by atoms with Crippen molar-refractivity contribution >= 4 is 23.1 Å². The van der Waals surface area contributed by atoms with Gasteiger partial charge in [0.05, 0.1) is 11.7 Å². The Morgan fingerprint density at radius 2 is 1.71 bits per heavy atom. The predicted octanol–water partition coefficient (Wildman–Crippen LogP) is 4.94. The number of anilines is 1. The van der Waals surface area contributed by atoms with E-state index >= 15 is 0 Å². The van der Waals surface area contributed by atoms with Crippen molar-refractivity contribution in [3.63, 3.8) is 0 Å². The Morgan fingerprint density at radius 3 is 2.38 bits per heavy atom. The van der Waals surface area contributed by atoms with E-state index < -0.39 is 17.9 Å². The molecular formula is C18H14F2N2OS. The number of benzene rings is 2. The Balaban J connectivity index is 1.81. The number of thiophene rings is 1. The summed E-state index contributed by atoms with van der Waals surface area (Å²) in [4.78, 5) is 13.1. The number of carbonyl (C=O) groups excluding carboxylic acids is 1. The van der Waals surface area contributed by atoms with Crippen LogP contribution < -0.4 is 10.6 Å². The number of urea groups is 1. The van der Waals surface area contributed by atoms with Crippen LogP contribution in [0.15, 0.2) is 66.0 Å². The van der Waals surface area contributed by atoms with Gasteiger partial charge >= 0.3 is 6.03 Å². The topological polar surface area (TPSA) is 41.1 Å². The molecule has 6 heteroatoms. The fraction of sp³-hybridized carbons (Fsp3) is 0.0556. The minimum atomic E-state index is -0.539. The molecule has 2 amide bonds. The van der Waals surface area contributed by atoms with Crippen molar-refractivity contribution in [2.45, 2.75) is 6.04 Å². The van der Waals surface area contributed by atoms with Crippen molar-refractivity contribution in [3.8, 4) is 0 Å². The molecular weight excluding hydrogens is 330 g/mol. The first-order valence-electron chi connectivity index (χ1n) is 7.24. The maximum absolute atomic E-state index is 13.6. The first-order valence-corrected chi connectivity index (χ1v) is 8.12. The zero-order chi connectivity index (χ0) is 16.9. The molecule has 3 aromatic rings. The van der Waals surface area contributed by atoms with E-state index in [2.05, 4.69) is 10.6 Å². The molecule has 3 nitrogen and oxygen atoms in total. The number of para-hydroxylation sites is 1. The Hall–Kier alpha value is -2.73. The van der Waals surface area contributed by atoms with E-state index in [4.69, 9.17) is 0 Å². The fourth-order valence-electron chi connectivity index (χ4n) is 2.28. The van der Waals surface area contributed by atoms with Gasteiger partial charge in [-0.15, -0.1) is 11.3 Å². The molecule has 122 valence electrons. The highest BCUT2D eigenvalue weighted by Gasteiger charge is 2.18. The van der Waals surface area contributed by atoms with Crippen LogP contribution in [0.4, 0.5) is 19.3 Å². The molecule has 0 saturated carbocycles. The summed E-state index contributed by atoms with van der Waals surface area (Å²) in [6, 6.07) is 14.6. The fourth-order valence-corrected chi connectivity index (χ4v) is 3.08. The summed E-state index contributed by atoms with van der Waals surface area (Å²) >= 11 is 1.47. The molecule has 0 aliphatic carbocycles. The lowest BCUT2D eigenvalue weighted by molar-refractivity contribution is 0.250. The van der Waals surface area contributed by atoms with Crippen molar-refractivity contribution in [2.24, 2.45) is 0 Å². The van der Waals surface area contributed by atoms with Gasteiger partial charge in [-0.05, 0) is 41.3 Å². The summed E-state index contributed by atoms with van der Waals surface area (Å²) in [6.07, 6.45) is 0. The van der Waals surface area contributed by atoms with Crippen LogP contribution >= 0.6 is 11.3 Å². The minimum absolute atomic E-state index is 0.0963. The molecule has 0 bridgehead atoms. The third kappa shape index (κ3) is 3.78. The van der Waals surface area contributed by atoms with Gasteiger partial charge in [-0.2, -0.15) is 0 Å². The molecule has 24 heavy (non-hydrogen) atoms. The number of hydrogen-bond donors (Lipinski definition) is 2. The molecule has 0 spiro atoms. The van der Waals surface area contributed by atoms with Gasteiger partial charge in [0.1, 0.15) is 11.6 Å². The van der Waals surface area contributed by atoms with Crippen LogP contribution in [0.2, 0.25) is 0 Å². The molecule has 0 saturated heterocycles. The third-order valence-corrected chi connectivity index (χ3v) is 4.37. The Morgan fingerprint density at radius 1 is 0.958 bits per heavy atom. The predicted molar refractivity (Wildman–Crippen MR) is 91.1 cm³/mol. The van der Waals surface area contributed by atoms with Crippen LogP contribution in [0, 0.1) is 11.6 Å². The second-order valence-electron chi connectivity index (χ2n) is 5.08. The van der Waals surface area contributed by atoms with E-state index in [-0.39, 0.29) is 11.5 Å². The number of nitrogens with one attached hydrogen (secondary N) is 2. The van der Waals surface area contributed by atoms with E-state index in [0.717, 1.165) is 10.4 Å².